The predicted octanol–water partition coefficient (Wildman–Crippen LogP) is 13.6. The first-order valence-corrected chi connectivity index (χ1v) is 19.0. The van der Waals surface area contributed by atoms with Crippen molar-refractivity contribution in [3.8, 4) is 0 Å². The summed E-state index contributed by atoms with van der Waals surface area (Å²) >= 11 is 0. The Kier molecular flexibility index (Phi) is 25.4. The van der Waals surface area contributed by atoms with Crippen molar-refractivity contribution in [2.45, 2.75) is 145 Å². The summed E-state index contributed by atoms with van der Waals surface area (Å²) in [6.07, 6.45) is 30.1. The molecule has 0 atom stereocenters. The molecule has 2 aromatic carbocycles. The number of hydrogen-bond acceptors (Lipinski definition) is 2. The molecule has 53 heavy (non-hydrogen) atoms. The number of Topliss-reactive ketones (excluding diaryl/α,β-unsaturated/α-hetero) is 2. The molecular formula is C46H60F4O2Ti. The zero-order chi connectivity index (χ0) is 39.2. The third kappa shape index (κ3) is 18.4. The van der Waals surface area contributed by atoms with Gasteiger partial charge in [-0.3, -0.25) is 21.7 Å². The van der Waals surface area contributed by atoms with Gasteiger partial charge in [-0.05, 0) is 12.8 Å². The Hall–Kier alpha value is -2.83. The van der Waals surface area contributed by atoms with E-state index in [9.17, 15) is 27.2 Å². The van der Waals surface area contributed by atoms with Crippen molar-refractivity contribution in [1.29, 1.82) is 0 Å². The summed E-state index contributed by atoms with van der Waals surface area (Å²) in [6, 6.07) is 6.39. The van der Waals surface area contributed by atoms with Gasteiger partial charge >= 0.3 is 21.7 Å². The number of rotatable bonds is 16. The van der Waals surface area contributed by atoms with Crippen molar-refractivity contribution in [2.24, 2.45) is 10.8 Å². The van der Waals surface area contributed by atoms with Gasteiger partial charge in [0.2, 0.25) is 0 Å². The smallest absolute Gasteiger partial charge is 0.296 e. The molecular weight excluding hydrogens is 708 g/mol. The Balaban J connectivity index is 0.000000791. The Morgan fingerprint density at radius 1 is 0.604 bits per heavy atom. The number of carbonyl (C=O) groups excluding carboxylic acids is 2. The molecule has 0 aliphatic heterocycles. The van der Waals surface area contributed by atoms with E-state index < -0.39 is 34.1 Å². The van der Waals surface area contributed by atoms with E-state index in [0.29, 0.717) is 36.8 Å². The summed E-state index contributed by atoms with van der Waals surface area (Å²) < 4.78 is 55.0. The Morgan fingerprint density at radius 3 is 1.21 bits per heavy atom. The van der Waals surface area contributed by atoms with Crippen LogP contribution in [0.25, 0.3) is 0 Å². The van der Waals surface area contributed by atoms with E-state index in [2.05, 4.69) is 50.3 Å². The molecule has 0 bridgehead atoms. The molecule has 0 heterocycles. The molecule has 0 amide bonds. The van der Waals surface area contributed by atoms with Crippen molar-refractivity contribution in [1.82, 2.24) is 0 Å². The molecule has 0 fully saturated rings. The predicted molar refractivity (Wildman–Crippen MR) is 206 cm³/mol. The topological polar surface area (TPSA) is 34.1 Å². The van der Waals surface area contributed by atoms with Gasteiger partial charge < -0.3 is 0 Å². The second-order valence-corrected chi connectivity index (χ2v) is 14.4. The van der Waals surface area contributed by atoms with Gasteiger partial charge in [-0.15, -0.1) is 48.2 Å². The first kappa shape index (κ1) is 50.2. The van der Waals surface area contributed by atoms with E-state index >= 15 is 0 Å². The minimum atomic E-state index is -0.805. The SMILES string of the molecule is CCCCCCc1c(F)[c-]c(F)cc1C(=O)C(C)(C)CC.CCCCCCc1c(F)[c-]c(F)cc1C(=O)C(C)(C)CC.[C-]1=CC=CC1.[C-]1=CC=CC1.[Ti+4]. The molecule has 0 spiro atoms. The van der Waals surface area contributed by atoms with Gasteiger partial charge in [0.15, 0.2) is 0 Å². The Labute approximate surface area is 333 Å². The monoisotopic (exact) mass is 768 g/mol. The number of allylic oxidation sites excluding steroid dienone is 8. The fourth-order valence-electron chi connectivity index (χ4n) is 5.18. The molecule has 0 radical (unpaired) electrons. The fraction of sp³-hybridized carbons (Fsp3) is 0.522. The third-order valence-corrected chi connectivity index (χ3v) is 9.40. The van der Waals surface area contributed by atoms with Crippen LogP contribution in [0.3, 0.4) is 0 Å². The molecule has 288 valence electrons. The molecule has 0 unspecified atom stereocenters. The van der Waals surface area contributed by atoms with Crippen LogP contribution in [0, 0.1) is 58.4 Å². The van der Waals surface area contributed by atoms with E-state index in [4.69, 9.17) is 0 Å². The maximum Gasteiger partial charge on any atom is 4.00 e. The van der Waals surface area contributed by atoms with E-state index in [0.717, 1.165) is 76.3 Å². The van der Waals surface area contributed by atoms with Gasteiger partial charge in [-0.2, -0.15) is 12.2 Å². The summed E-state index contributed by atoms with van der Waals surface area (Å²) in [5, 5.41) is 0. The number of carbonyl (C=O) groups is 2. The van der Waals surface area contributed by atoms with Crippen molar-refractivity contribution in [3.05, 3.63) is 118 Å². The first-order valence-electron chi connectivity index (χ1n) is 19.0. The second kappa shape index (κ2) is 26.9. The molecule has 0 saturated carbocycles. The van der Waals surface area contributed by atoms with Gasteiger partial charge in [0.25, 0.3) is 0 Å². The normalized spacial score (nSPS) is 12.6. The van der Waals surface area contributed by atoms with E-state index in [1.165, 1.54) is 0 Å². The van der Waals surface area contributed by atoms with Crippen LogP contribution < -0.4 is 0 Å². The van der Waals surface area contributed by atoms with Crippen molar-refractivity contribution in [3.63, 3.8) is 0 Å². The van der Waals surface area contributed by atoms with Crippen LogP contribution in [0.4, 0.5) is 17.6 Å². The van der Waals surface area contributed by atoms with Crippen molar-refractivity contribution in [2.75, 3.05) is 0 Å². The summed E-state index contributed by atoms with van der Waals surface area (Å²) in [5.41, 5.74) is -0.214. The molecule has 0 saturated heterocycles. The van der Waals surface area contributed by atoms with Crippen LogP contribution in [0.1, 0.15) is 164 Å². The standard InChI is InChI=1S/2C18H25F2O.2C5H5.Ti/c2*1-5-7-8-9-10-14-15(11-13(19)12-16(14)20)17(21)18(3,4)6-2;2*1-2-4-5-3-1;/h2*11H,5-10H2,1-4H3;2*1-3H,4H2;/q4*-1;+4. The minimum Gasteiger partial charge on any atom is -0.296 e. The largest absolute Gasteiger partial charge is 4.00 e. The third-order valence-electron chi connectivity index (χ3n) is 9.40. The van der Waals surface area contributed by atoms with Crippen molar-refractivity contribution < 1.29 is 48.9 Å². The van der Waals surface area contributed by atoms with Crippen LogP contribution in [0.5, 0.6) is 0 Å². The second-order valence-electron chi connectivity index (χ2n) is 14.4. The Morgan fingerprint density at radius 2 is 0.962 bits per heavy atom. The van der Waals surface area contributed by atoms with Crippen LogP contribution in [0.2, 0.25) is 0 Å². The molecule has 2 nitrogen and oxygen atoms in total. The number of benzene rings is 2. The van der Waals surface area contributed by atoms with Gasteiger partial charge in [0, 0.05) is 34.1 Å². The number of halogens is 4. The maximum absolute atomic E-state index is 14.0. The fourth-order valence-corrected chi connectivity index (χ4v) is 5.18. The zero-order valence-electron chi connectivity index (χ0n) is 33.3. The molecule has 4 rings (SSSR count). The van der Waals surface area contributed by atoms with E-state index in [1.807, 2.05) is 65.8 Å². The molecule has 2 aliphatic rings. The summed E-state index contributed by atoms with van der Waals surface area (Å²) in [5.74, 6) is -3.44. The molecule has 2 aliphatic carbocycles. The molecule has 2 aromatic rings. The number of ketones is 2. The van der Waals surface area contributed by atoms with Gasteiger partial charge in [0.05, 0.1) is 0 Å². The Bertz CT molecular complexity index is 1380. The number of hydrogen-bond donors (Lipinski definition) is 0. The van der Waals surface area contributed by atoms with Crippen LogP contribution in [-0.4, -0.2) is 11.6 Å². The quantitative estimate of drug-likeness (QED) is 0.0560. The van der Waals surface area contributed by atoms with Gasteiger partial charge in [-0.1, -0.05) is 131 Å². The zero-order valence-corrected chi connectivity index (χ0v) is 34.9. The molecule has 0 aromatic heterocycles. The van der Waals surface area contributed by atoms with Crippen molar-refractivity contribution >= 4 is 11.6 Å². The summed E-state index contributed by atoms with van der Waals surface area (Å²) in [7, 11) is 0. The minimum absolute atomic E-state index is 0. The molecule has 0 N–H and O–H groups in total. The summed E-state index contributed by atoms with van der Waals surface area (Å²) in [4.78, 5) is 25.1. The van der Waals surface area contributed by atoms with Gasteiger partial charge in [0.1, 0.15) is 11.6 Å². The van der Waals surface area contributed by atoms with Gasteiger partial charge in [-0.25, -0.2) is 41.9 Å². The maximum atomic E-state index is 14.0. The van der Waals surface area contributed by atoms with Crippen LogP contribution in [-0.2, 0) is 34.6 Å². The van der Waals surface area contributed by atoms with E-state index in [-0.39, 0.29) is 44.4 Å². The average molecular weight is 769 g/mol. The summed E-state index contributed by atoms with van der Waals surface area (Å²) in [6.45, 7) is 15.2. The van der Waals surface area contributed by atoms with E-state index in [1.54, 1.807) is 0 Å². The molecule has 7 heteroatoms. The van der Waals surface area contributed by atoms with Crippen LogP contribution in [0.15, 0.2) is 48.6 Å². The van der Waals surface area contributed by atoms with Crippen LogP contribution >= 0.6 is 0 Å². The average Bonchev–Trinajstić information content (AvgIpc) is 3.90. The first-order chi connectivity index (χ1) is 24.7. The number of unbranched alkanes of at least 4 members (excludes halogenated alkanes) is 6.